The first-order valence-electron chi connectivity index (χ1n) is 5.97. The van der Waals surface area contributed by atoms with Crippen LogP contribution in [0.4, 0.5) is 0 Å². The zero-order valence-electron chi connectivity index (χ0n) is 9.67. The molecule has 0 atom stereocenters. The Labute approximate surface area is 89.3 Å². The summed E-state index contributed by atoms with van der Waals surface area (Å²) in [5, 5.41) is 8.65. The lowest BCUT2D eigenvalue weighted by Crippen LogP contribution is -2.26. The highest BCUT2D eigenvalue weighted by Crippen LogP contribution is 2.01. The van der Waals surface area contributed by atoms with E-state index in [1.165, 1.54) is 32.4 Å². The van der Waals surface area contributed by atoms with E-state index >= 15 is 0 Å². The molecule has 14 heavy (non-hydrogen) atoms. The third kappa shape index (κ3) is 8.52. The minimum absolute atomic E-state index is 0.338. The lowest BCUT2D eigenvalue weighted by atomic mass is 10.2. The molecule has 0 aliphatic rings. The number of rotatable bonds is 10. The minimum Gasteiger partial charge on any atom is -0.396 e. The van der Waals surface area contributed by atoms with Gasteiger partial charge in [0.2, 0.25) is 0 Å². The van der Waals surface area contributed by atoms with Gasteiger partial charge in [-0.25, -0.2) is 0 Å². The van der Waals surface area contributed by atoms with Gasteiger partial charge in [0.25, 0.3) is 0 Å². The van der Waals surface area contributed by atoms with E-state index in [0.29, 0.717) is 6.61 Å². The normalized spacial score (nSPS) is 11.1. The summed E-state index contributed by atoms with van der Waals surface area (Å²) in [5.74, 6) is 0. The Morgan fingerprint density at radius 1 is 1.00 bits per heavy atom. The second kappa shape index (κ2) is 11.0. The highest BCUT2D eigenvalue weighted by atomic mass is 16.2. The molecule has 0 fully saturated rings. The van der Waals surface area contributed by atoms with Gasteiger partial charge in [0, 0.05) is 6.61 Å². The Morgan fingerprint density at radius 3 is 2.29 bits per heavy atom. The molecule has 1 radical (unpaired) electrons. The van der Waals surface area contributed by atoms with Gasteiger partial charge in [-0.1, -0.05) is 20.3 Å². The van der Waals surface area contributed by atoms with Crippen molar-refractivity contribution in [2.24, 2.45) is 0 Å². The molecule has 85 valence electrons. The Balaban J connectivity index is 3.40. The summed E-state index contributed by atoms with van der Waals surface area (Å²) in [6.07, 6.45) is 6.88. The van der Waals surface area contributed by atoms with Crippen molar-refractivity contribution in [3.63, 3.8) is 0 Å². The summed E-state index contributed by atoms with van der Waals surface area (Å²) in [6, 6.07) is 0. The molecular formula is C12H26NO. The van der Waals surface area contributed by atoms with Crippen LogP contribution in [-0.4, -0.2) is 36.2 Å². The summed E-state index contributed by atoms with van der Waals surface area (Å²) in [7, 11) is 0. The number of hydrogen-bond donors (Lipinski definition) is 1. The summed E-state index contributed by atoms with van der Waals surface area (Å²) in [6.45, 7) is 9.98. The van der Waals surface area contributed by atoms with Crippen LogP contribution >= 0.6 is 0 Å². The van der Waals surface area contributed by atoms with Crippen LogP contribution in [0.25, 0.3) is 0 Å². The fourth-order valence-electron chi connectivity index (χ4n) is 1.56. The van der Waals surface area contributed by atoms with Crippen molar-refractivity contribution in [2.75, 3.05) is 26.2 Å². The van der Waals surface area contributed by atoms with E-state index in [1.54, 1.807) is 0 Å². The van der Waals surface area contributed by atoms with E-state index in [2.05, 4.69) is 18.7 Å². The molecule has 1 N–H and O–H groups in total. The smallest absolute Gasteiger partial charge is 0.0431 e. The van der Waals surface area contributed by atoms with Crippen molar-refractivity contribution in [1.82, 2.24) is 4.90 Å². The third-order valence-electron chi connectivity index (χ3n) is 2.43. The Bertz CT molecular complexity index is 106. The van der Waals surface area contributed by atoms with Gasteiger partial charge >= 0.3 is 0 Å². The van der Waals surface area contributed by atoms with Gasteiger partial charge in [0.1, 0.15) is 0 Å². The molecule has 0 aromatic heterocycles. The van der Waals surface area contributed by atoms with Crippen molar-refractivity contribution in [3.05, 3.63) is 6.92 Å². The predicted octanol–water partition coefficient (Wildman–Crippen LogP) is 2.48. The van der Waals surface area contributed by atoms with Crippen LogP contribution < -0.4 is 0 Å². The highest BCUT2D eigenvalue weighted by molar-refractivity contribution is 4.59. The second-order valence-corrected chi connectivity index (χ2v) is 3.83. The van der Waals surface area contributed by atoms with Crippen LogP contribution in [0, 0.1) is 6.92 Å². The van der Waals surface area contributed by atoms with Gasteiger partial charge < -0.3 is 10.0 Å². The maximum absolute atomic E-state index is 8.65. The fraction of sp³-hybridized carbons (Fsp3) is 0.917. The van der Waals surface area contributed by atoms with E-state index in [-0.39, 0.29) is 0 Å². The molecule has 0 aromatic rings. The zero-order valence-corrected chi connectivity index (χ0v) is 9.67. The second-order valence-electron chi connectivity index (χ2n) is 3.83. The maximum atomic E-state index is 8.65. The van der Waals surface area contributed by atoms with Crippen LogP contribution in [0.3, 0.4) is 0 Å². The van der Waals surface area contributed by atoms with Gasteiger partial charge in [-0.05, 0) is 51.7 Å². The molecular weight excluding hydrogens is 174 g/mol. The Morgan fingerprint density at radius 2 is 1.71 bits per heavy atom. The van der Waals surface area contributed by atoms with E-state index in [1.807, 2.05) is 0 Å². The predicted molar refractivity (Wildman–Crippen MR) is 62.3 cm³/mol. The average Bonchev–Trinajstić information content (AvgIpc) is 2.20. The fourth-order valence-corrected chi connectivity index (χ4v) is 1.56. The van der Waals surface area contributed by atoms with Crippen molar-refractivity contribution < 1.29 is 5.11 Å². The first-order valence-corrected chi connectivity index (χ1v) is 5.97. The standard InChI is InChI=1S/C12H26NO/c1-3-5-10-13(9-4-2)11-7-6-8-12-14/h14H,2-12H2,1H3. The zero-order chi connectivity index (χ0) is 10.6. The quantitative estimate of drug-likeness (QED) is 0.548. The topological polar surface area (TPSA) is 23.5 Å². The molecule has 0 saturated carbocycles. The van der Waals surface area contributed by atoms with Crippen molar-refractivity contribution in [2.45, 2.75) is 45.4 Å². The van der Waals surface area contributed by atoms with Crippen LogP contribution in [0.1, 0.15) is 45.4 Å². The van der Waals surface area contributed by atoms with Gasteiger partial charge in [-0.2, -0.15) is 0 Å². The molecule has 0 saturated heterocycles. The highest BCUT2D eigenvalue weighted by Gasteiger charge is 2.01. The number of nitrogens with zero attached hydrogens (tertiary/aromatic N) is 1. The van der Waals surface area contributed by atoms with Crippen LogP contribution in [-0.2, 0) is 0 Å². The molecule has 0 spiro atoms. The molecule has 2 nitrogen and oxygen atoms in total. The monoisotopic (exact) mass is 200 g/mol. The minimum atomic E-state index is 0.338. The van der Waals surface area contributed by atoms with E-state index in [0.717, 1.165) is 25.8 Å². The SMILES string of the molecule is [CH2]CCN(CCCC)CCCCCO. The molecule has 0 heterocycles. The lowest BCUT2D eigenvalue weighted by molar-refractivity contribution is 0.252. The summed E-state index contributed by atoms with van der Waals surface area (Å²) in [4.78, 5) is 2.49. The molecule has 0 bridgehead atoms. The number of aliphatic hydroxyl groups excluding tert-OH is 1. The van der Waals surface area contributed by atoms with Gasteiger partial charge in [-0.15, -0.1) is 0 Å². The lowest BCUT2D eigenvalue weighted by Gasteiger charge is -2.21. The summed E-state index contributed by atoms with van der Waals surface area (Å²) < 4.78 is 0. The molecule has 2 heteroatoms. The van der Waals surface area contributed by atoms with E-state index in [9.17, 15) is 0 Å². The molecule has 0 unspecified atom stereocenters. The molecule has 0 amide bonds. The van der Waals surface area contributed by atoms with Crippen molar-refractivity contribution >= 4 is 0 Å². The van der Waals surface area contributed by atoms with Crippen molar-refractivity contribution in [3.8, 4) is 0 Å². The molecule has 0 aliphatic heterocycles. The van der Waals surface area contributed by atoms with Crippen LogP contribution in [0.2, 0.25) is 0 Å². The van der Waals surface area contributed by atoms with Gasteiger partial charge in [0.15, 0.2) is 0 Å². The Hall–Kier alpha value is -0.0800. The number of aliphatic hydroxyl groups is 1. The first-order chi connectivity index (χ1) is 6.85. The molecule has 0 aromatic carbocycles. The third-order valence-corrected chi connectivity index (χ3v) is 2.43. The maximum Gasteiger partial charge on any atom is 0.0431 e. The first kappa shape index (κ1) is 13.9. The van der Waals surface area contributed by atoms with E-state index in [4.69, 9.17) is 5.11 Å². The van der Waals surface area contributed by atoms with Gasteiger partial charge in [0.05, 0.1) is 0 Å². The number of unbranched alkanes of at least 4 members (excludes halogenated alkanes) is 3. The van der Waals surface area contributed by atoms with E-state index < -0.39 is 0 Å². The number of hydrogen-bond acceptors (Lipinski definition) is 2. The van der Waals surface area contributed by atoms with Gasteiger partial charge in [-0.3, -0.25) is 0 Å². The average molecular weight is 200 g/mol. The molecule has 0 rings (SSSR count). The summed E-state index contributed by atoms with van der Waals surface area (Å²) in [5.41, 5.74) is 0. The van der Waals surface area contributed by atoms with Crippen molar-refractivity contribution in [1.29, 1.82) is 0 Å². The van der Waals surface area contributed by atoms with Crippen LogP contribution in [0.5, 0.6) is 0 Å². The summed E-state index contributed by atoms with van der Waals surface area (Å²) >= 11 is 0. The largest absolute Gasteiger partial charge is 0.396 e. The Kier molecular flexibility index (Phi) is 10.9. The van der Waals surface area contributed by atoms with Crippen LogP contribution in [0.15, 0.2) is 0 Å². The molecule has 0 aliphatic carbocycles.